The number of unbranched alkanes of at least 4 members (excludes halogenated alkanes) is 6. The van der Waals surface area contributed by atoms with E-state index in [-0.39, 0.29) is 38.0 Å². The van der Waals surface area contributed by atoms with Gasteiger partial charge in [-0.15, -0.1) is 0 Å². The van der Waals surface area contributed by atoms with Crippen molar-refractivity contribution in [2.75, 3.05) is 57.4 Å². The van der Waals surface area contributed by atoms with E-state index in [0.717, 1.165) is 19.3 Å². The maximum Gasteiger partial charge on any atom is 0.407 e. The van der Waals surface area contributed by atoms with Crippen molar-refractivity contribution < 1.29 is 48.5 Å². The van der Waals surface area contributed by atoms with Crippen molar-refractivity contribution >= 4 is 53.4 Å². The van der Waals surface area contributed by atoms with Gasteiger partial charge in [0.1, 0.15) is 30.2 Å². The Labute approximate surface area is 358 Å². The lowest BCUT2D eigenvalue weighted by Crippen LogP contribution is -2.59. The highest BCUT2D eigenvalue weighted by Gasteiger charge is 2.32. The van der Waals surface area contributed by atoms with Crippen LogP contribution in [0.5, 0.6) is 0 Å². The van der Waals surface area contributed by atoms with Gasteiger partial charge >= 0.3 is 12.1 Å². The van der Waals surface area contributed by atoms with Gasteiger partial charge in [0, 0.05) is 18.1 Å². The van der Waals surface area contributed by atoms with E-state index in [0.29, 0.717) is 89.9 Å². The van der Waals surface area contributed by atoms with Gasteiger partial charge in [-0.05, 0) is 110 Å². The zero-order valence-corrected chi connectivity index (χ0v) is 36.2. The molecule has 0 aromatic rings. The molecule has 0 aromatic heterocycles. The highest BCUT2D eigenvalue weighted by atomic mass is 32.2. The van der Waals surface area contributed by atoms with Crippen molar-refractivity contribution in [3.8, 4) is 0 Å². The number of ether oxygens (including phenoxy) is 1. The molecule has 0 unspecified atom stereocenters. The van der Waals surface area contributed by atoms with Gasteiger partial charge in [-0.1, -0.05) is 19.8 Å². The number of carboxylic acids is 1. The molecule has 0 aromatic carbocycles. The van der Waals surface area contributed by atoms with Gasteiger partial charge in [-0.3, -0.25) is 24.0 Å². The van der Waals surface area contributed by atoms with Crippen LogP contribution >= 0.6 is 11.8 Å². The lowest BCUT2D eigenvalue weighted by Gasteiger charge is -2.27. The van der Waals surface area contributed by atoms with Crippen LogP contribution in [-0.2, 0) is 33.5 Å². The number of aliphatic carboxylic acids is 1. The molecule has 0 radical (unpaired) electrons. The first-order valence-corrected chi connectivity index (χ1v) is 22.3. The molecule has 0 saturated heterocycles. The van der Waals surface area contributed by atoms with Crippen LogP contribution in [0.1, 0.15) is 103 Å². The number of nitrogens with one attached hydrogen (secondary N) is 6. The molecule has 0 fully saturated rings. The standard InChI is InChI=1S/C38H75N11O10S/c1-2-3-12-22-59-38(58)44-21-23-60-25-26(43)32(51)49-31(24-50)36(55)47-28(14-5-9-18-40)34(53)45-27(13-4-8-17-39)33(52)46-29(15-6-10-19-41)35(54)48-30(37(56)57)16-7-11-20-42/h26-31,50H,2-25,39-43H2,1H3,(H,44,58)(H,45,53)(H,46,52)(H,47,55)(H,48,54)(H,49,51)(H,56,57)/t26-,27+,28+,29+,30+,31-/m1/s1. The number of alkyl carbamates (subject to hydrolysis) is 1. The van der Waals surface area contributed by atoms with Crippen LogP contribution in [0.2, 0.25) is 0 Å². The van der Waals surface area contributed by atoms with Crippen LogP contribution in [-0.4, -0.2) is 146 Å². The number of hydrogen-bond acceptors (Lipinski definition) is 15. The van der Waals surface area contributed by atoms with E-state index in [4.69, 9.17) is 33.4 Å². The van der Waals surface area contributed by atoms with Gasteiger partial charge in [-0.25, -0.2) is 9.59 Å². The first-order chi connectivity index (χ1) is 28.8. The second-order valence-corrected chi connectivity index (χ2v) is 15.6. The van der Waals surface area contributed by atoms with Crippen LogP contribution in [0.4, 0.5) is 4.79 Å². The molecule has 0 aliphatic carbocycles. The number of carboxylic acid groups (broad SMARTS) is 1. The van der Waals surface area contributed by atoms with Crippen molar-refractivity contribution in [2.24, 2.45) is 28.7 Å². The molecular formula is C38H75N11O10S. The fourth-order valence-corrected chi connectivity index (χ4v) is 6.49. The molecule has 21 nitrogen and oxygen atoms in total. The summed E-state index contributed by atoms with van der Waals surface area (Å²) in [7, 11) is 0. The first kappa shape index (κ1) is 56.2. The van der Waals surface area contributed by atoms with Gasteiger partial charge in [0.25, 0.3) is 0 Å². The maximum absolute atomic E-state index is 13.8. The van der Waals surface area contributed by atoms with E-state index < -0.39 is 84.5 Å². The number of thioether (sulfide) groups is 1. The van der Waals surface area contributed by atoms with Crippen LogP contribution in [0.15, 0.2) is 0 Å². The quantitative estimate of drug-likeness (QED) is 0.0300. The molecule has 18 N–H and O–H groups in total. The van der Waals surface area contributed by atoms with Gasteiger partial charge < -0.3 is 75.5 Å². The van der Waals surface area contributed by atoms with Gasteiger partial charge in [-0.2, -0.15) is 11.8 Å². The Kier molecular flexibility index (Phi) is 33.6. The van der Waals surface area contributed by atoms with Crippen molar-refractivity contribution in [3.05, 3.63) is 0 Å². The SMILES string of the molecule is CCCCCOC(=O)NCCSC[C@@H](N)C(=O)N[C@H](CO)C(=O)N[C@@H](CCCCN)C(=O)N[C@@H](CCCCN)C(=O)N[C@@H](CCCCN)C(=O)N[C@@H](CCCCN)C(=O)O. The average Bonchev–Trinajstić information content (AvgIpc) is 3.22. The van der Waals surface area contributed by atoms with Crippen molar-refractivity contribution in [3.63, 3.8) is 0 Å². The number of hydrogen-bond donors (Lipinski definition) is 13. The van der Waals surface area contributed by atoms with Gasteiger partial charge in [0.2, 0.25) is 29.5 Å². The molecule has 6 amide bonds. The molecule has 6 atom stereocenters. The molecular weight excluding hydrogens is 803 g/mol. The Morgan fingerprint density at radius 1 is 0.567 bits per heavy atom. The predicted octanol–water partition coefficient (Wildman–Crippen LogP) is -2.02. The third kappa shape index (κ3) is 26.4. The Morgan fingerprint density at radius 3 is 1.37 bits per heavy atom. The fourth-order valence-electron chi connectivity index (χ4n) is 5.68. The summed E-state index contributed by atoms with van der Waals surface area (Å²) in [6, 6.07) is -7.29. The van der Waals surface area contributed by atoms with Crippen LogP contribution in [0, 0.1) is 0 Å². The maximum atomic E-state index is 13.8. The van der Waals surface area contributed by atoms with Crippen molar-refractivity contribution in [2.45, 2.75) is 139 Å². The minimum Gasteiger partial charge on any atom is -0.480 e. The topological polar surface area (TPSA) is 371 Å². The van der Waals surface area contributed by atoms with E-state index in [9.17, 15) is 43.8 Å². The number of nitrogens with two attached hydrogens (primary N) is 5. The summed E-state index contributed by atoms with van der Waals surface area (Å²) in [5, 5.41) is 35.2. The monoisotopic (exact) mass is 878 g/mol. The summed E-state index contributed by atoms with van der Waals surface area (Å²) < 4.78 is 5.08. The number of aliphatic hydroxyl groups excluding tert-OH is 1. The molecule has 0 rings (SSSR count). The Bertz CT molecular complexity index is 1260. The molecule has 0 spiro atoms. The Hall–Kier alpha value is -3.80. The molecule has 0 saturated carbocycles. The lowest BCUT2D eigenvalue weighted by atomic mass is 10.0. The second-order valence-electron chi connectivity index (χ2n) is 14.4. The summed E-state index contributed by atoms with van der Waals surface area (Å²) in [6.07, 6.45) is 6.58. The largest absolute Gasteiger partial charge is 0.480 e. The lowest BCUT2D eigenvalue weighted by molar-refractivity contribution is -0.142. The zero-order chi connectivity index (χ0) is 45.1. The molecule has 348 valence electrons. The van der Waals surface area contributed by atoms with E-state index in [2.05, 4.69) is 31.9 Å². The smallest absolute Gasteiger partial charge is 0.407 e. The fraction of sp³-hybridized carbons (Fsp3) is 0.816. The summed E-state index contributed by atoms with van der Waals surface area (Å²) in [4.78, 5) is 90.8. The third-order valence-corrected chi connectivity index (χ3v) is 10.3. The van der Waals surface area contributed by atoms with E-state index in [1.807, 2.05) is 6.92 Å². The molecule has 0 aliphatic heterocycles. The average molecular weight is 878 g/mol. The highest BCUT2D eigenvalue weighted by Crippen LogP contribution is 2.10. The van der Waals surface area contributed by atoms with Crippen molar-refractivity contribution in [1.29, 1.82) is 0 Å². The predicted molar refractivity (Wildman–Crippen MR) is 230 cm³/mol. The first-order valence-electron chi connectivity index (χ1n) is 21.2. The van der Waals surface area contributed by atoms with E-state index >= 15 is 0 Å². The summed E-state index contributed by atoms with van der Waals surface area (Å²) in [6.45, 7) is 3.16. The molecule has 22 heteroatoms. The van der Waals surface area contributed by atoms with Gasteiger partial charge in [0.15, 0.2) is 0 Å². The number of amides is 6. The molecule has 0 bridgehead atoms. The number of carbonyl (C=O) groups excluding carboxylic acids is 6. The van der Waals surface area contributed by atoms with Crippen LogP contribution in [0.25, 0.3) is 0 Å². The zero-order valence-electron chi connectivity index (χ0n) is 35.4. The second kappa shape index (κ2) is 35.9. The molecule has 0 aliphatic rings. The summed E-state index contributed by atoms with van der Waals surface area (Å²) in [5.41, 5.74) is 28.6. The van der Waals surface area contributed by atoms with Crippen LogP contribution in [0.3, 0.4) is 0 Å². The highest BCUT2D eigenvalue weighted by molar-refractivity contribution is 7.99. The summed E-state index contributed by atoms with van der Waals surface area (Å²) >= 11 is 1.29. The summed E-state index contributed by atoms with van der Waals surface area (Å²) in [5.74, 6) is -4.41. The normalized spacial score (nSPS) is 14.1. The van der Waals surface area contributed by atoms with E-state index in [1.54, 1.807) is 0 Å². The number of carbonyl (C=O) groups is 7. The van der Waals surface area contributed by atoms with Gasteiger partial charge in [0.05, 0.1) is 19.3 Å². The third-order valence-electron chi connectivity index (χ3n) is 9.25. The van der Waals surface area contributed by atoms with Crippen LogP contribution < -0.4 is 60.6 Å². The molecule has 0 heterocycles. The van der Waals surface area contributed by atoms with E-state index in [1.165, 1.54) is 11.8 Å². The minimum absolute atomic E-state index is 0.0966. The number of aliphatic hydroxyl groups is 1. The van der Waals surface area contributed by atoms with Crippen molar-refractivity contribution in [1.82, 2.24) is 31.9 Å². The molecule has 60 heavy (non-hydrogen) atoms. The Balaban J connectivity index is 5.77. The minimum atomic E-state index is -1.47. The number of rotatable bonds is 37. The Morgan fingerprint density at radius 2 is 0.967 bits per heavy atom.